The Labute approximate surface area is 211 Å². The molecule has 7 nitrogen and oxygen atoms in total. The summed E-state index contributed by atoms with van der Waals surface area (Å²) >= 11 is 1.22. The lowest BCUT2D eigenvalue weighted by molar-refractivity contribution is -0.122. The molecule has 3 aromatic carbocycles. The lowest BCUT2D eigenvalue weighted by atomic mass is 10.1. The molecule has 1 aliphatic heterocycles. The van der Waals surface area contributed by atoms with E-state index in [-0.39, 0.29) is 23.9 Å². The SMILES string of the molecule is CCN1C(=O)C(=Cc2ccc(OCc3ccc(F)cc3)c(OC)c2)SC1=Nc1cccc(C(=O)O)c1. The normalized spacial score (nSPS) is 15.5. The number of aliphatic imine (C=N–C) groups is 1. The van der Waals surface area contributed by atoms with Gasteiger partial charge in [0.1, 0.15) is 12.4 Å². The predicted molar refractivity (Wildman–Crippen MR) is 137 cm³/mol. The topological polar surface area (TPSA) is 88.4 Å². The maximum absolute atomic E-state index is 13.1. The number of hydrogen-bond donors (Lipinski definition) is 1. The lowest BCUT2D eigenvalue weighted by Gasteiger charge is -2.12. The Balaban J connectivity index is 1.55. The third-order valence-corrected chi connectivity index (χ3v) is 6.32. The van der Waals surface area contributed by atoms with Gasteiger partial charge < -0.3 is 14.6 Å². The van der Waals surface area contributed by atoms with Crippen LogP contribution in [0, 0.1) is 5.82 Å². The smallest absolute Gasteiger partial charge is 0.335 e. The Morgan fingerprint density at radius 3 is 2.58 bits per heavy atom. The minimum absolute atomic E-state index is 0.124. The summed E-state index contributed by atoms with van der Waals surface area (Å²) in [6, 6.07) is 17.6. The summed E-state index contributed by atoms with van der Waals surface area (Å²) < 4.78 is 24.4. The number of ether oxygens (including phenoxy) is 2. The Bertz CT molecular complexity index is 1350. The van der Waals surface area contributed by atoms with Crippen molar-refractivity contribution in [3.63, 3.8) is 0 Å². The van der Waals surface area contributed by atoms with Crippen LogP contribution in [0.4, 0.5) is 10.1 Å². The zero-order chi connectivity index (χ0) is 25.7. The molecule has 36 heavy (non-hydrogen) atoms. The van der Waals surface area contributed by atoms with Crippen molar-refractivity contribution < 1.29 is 28.6 Å². The molecule has 0 unspecified atom stereocenters. The molecule has 1 fully saturated rings. The van der Waals surface area contributed by atoms with Crippen molar-refractivity contribution in [3.8, 4) is 11.5 Å². The monoisotopic (exact) mass is 506 g/mol. The minimum atomic E-state index is -1.04. The van der Waals surface area contributed by atoms with Crippen LogP contribution in [0.15, 0.2) is 76.6 Å². The molecule has 0 aliphatic carbocycles. The first-order chi connectivity index (χ1) is 17.4. The number of carboxylic acid groups (broad SMARTS) is 1. The van der Waals surface area contributed by atoms with Crippen molar-refractivity contribution in [1.82, 2.24) is 4.90 Å². The first-order valence-corrected chi connectivity index (χ1v) is 11.9. The van der Waals surface area contributed by atoms with Crippen LogP contribution in [-0.4, -0.2) is 40.7 Å². The summed E-state index contributed by atoms with van der Waals surface area (Å²) in [6.07, 6.45) is 1.75. The van der Waals surface area contributed by atoms with E-state index >= 15 is 0 Å². The minimum Gasteiger partial charge on any atom is -0.493 e. The van der Waals surface area contributed by atoms with E-state index in [0.29, 0.717) is 33.8 Å². The molecule has 0 bridgehead atoms. The number of halogens is 1. The fraction of sp³-hybridized carbons (Fsp3) is 0.148. The predicted octanol–water partition coefficient (Wildman–Crippen LogP) is 5.74. The summed E-state index contributed by atoms with van der Waals surface area (Å²) in [5.41, 5.74) is 2.13. The first kappa shape index (κ1) is 25.0. The number of aromatic carboxylic acids is 1. The van der Waals surface area contributed by atoms with E-state index < -0.39 is 5.97 Å². The molecule has 1 heterocycles. The Hall–Kier alpha value is -4.11. The number of amides is 1. The van der Waals surface area contributed by atoms with Crippen molar-refractivity contribution in [2.45, 2.75) is 13.5 Å². The van der Waals surface area contributed by atoms with Crippen molar-refractivity contribution in [3.05, 3.63) is 94.1 Å². The summed E-state index contributed by atoms with van der Waals surface area (Å²) in [5.74, 6) is -0.527. The van der Waals surface area contributed by atoms with Crippen LogP contribution >= 0.6 is 11.8 Å². The maximum Gasteiger partial charge on any atom is 0.335 e. The number of carbonyl (C=O) groups is 2. The van der Waals surface area contributed by atoms with Crippen LogP contribution in [0.2, 0.25) is 0 Å². The molecule has 184 valence electrons. The molecule has 0 atom stereocenters. The fourth-order valence-corrected chi connectivity index (χ4v) is 4.54. The highest BCUT2D eigenvalue weighted by Gasteiger charge is 2.32. The zero-order valence-corrected chi connectivity index (χ0v) is 20.4. The summed E-state index contributed by atoms with van der Waals surface area (Å²) in [7, 11) is 1.53. The van der Waals surface area contributed by atoms with Crippen molar-refractivity contribution in [1.29, 1.82) is 0 Å². The van der Waals surface area contributed by atoms with Crippen molar-refractivity contribution >= 4 is 40.6 Å². The van der Waals surface area contributed by atoms with Crippen LogP contribution in [0.1, 0.15) is 28.4 Å². The van der Waals surface area contributed by atoms with Gasteiger partial charge in [-0.1, -0.05) is 24.3 Å². The Morgan fingerprint density at radius 1 is 1.11 bits per heavy atom. The van der Waals surface area contributed by atoms with Gasteiger partial charge in [-0.2, -0.15) is 0 Å². The van der Waals surface area contributed by atoms with Crippen LogP contribution in [0.5, 0.6) is 11.5 Å². The molecule has 4 rings (SSSR count). The van der Waals surface area contributed by atoms with Gasteiger partial charge in [0, 0.05) is 6.54 Å². The second-order valence-corrected chi connectivity index (χ2v) is 8.74. The second-order valence-electron chi connectivity index (χ2n) is 7.74. The van der Waals surface area contributed by atoms with Gasteiger partial charge in [0.15, 0.2) is 16.7 Å². The highest BCUT2D eigenvalue weighted by molar-refractivity contribution is 8.18. The first-order valence-electron chi connectivity index (χ1n) is 11.1. The van der Waals surface area contributed by atoms with E-state index in [0.717, 1.165) is 11.1 Å². The molecule has 0 saturated carbocycles. The highest BCUT2D eigenvalue weighted by Crippen LogP contribution is 2.36. The largest absolute Gasteiger partial charge is 0.493 e. The average molecular weight is 507 g/mol. The number of methoxy groups -OCH3 is 1. The van der Waals surface area contributed by atoms with E-state index in [9.17, 15) is 19.1 Å². The maximum atomic E-state index is 13.1. The van der Waals surface area contributed by atoms with Crippen LogP contribution < -0.4 is 9.47 Å². The molecule has 3 aromatic rings. The van der Waals surface area contributed by atoms with E-state index in [1.165, 1.54) is 43.1 Å². The molecular formula is C27H23FN2O5S. The van der Waals surface area contributed by atoms with E-state index in [1.54, 1.807) is 47.4 Å². The lowest BCUT2D eigenvalue weighted by Crippen LogP contribution is -2.28. The number of hydrogen-bond acceptors (Lipinski definition) is 6. The van der Waals surface area contributed by atoms with Gasteiger partial charge >= 0.3 is 5.97 Å². The summed E-state index contributed by atoms with van der Waals surface area (Å²) in [6.45, 7) is 2.51. The molecule has 0 radical (unpaired) electrons. The van der Waals surface area contributed by atoms with E-state index in [4.69, 9.17) is 9.47 Å². The van der Waals surface area contributed by atoms with Crippen LogP contribution in [0.3, 0.4) is 0 Å². The van der Waals surface area contributed by atoms with Gasteiger partial charge in [-0.05, 0) is 78.4 Å². The van der Waals surface area contributed by atoms with Gasteiger partial charge in [0.05, 0.1) is 23.3 Å². The van der Waals surface area contributed by atoms with Gasteiger partial charge in [-0.25, -0.2) is 14.2 Å². The molecular weight excluding hydrogens is 483 g/mol. The standard InChI is InChI=1S/C27H23FN2O5S/c1-3-30-25(31)24(36-27(30)29-21-6-4-5-19(15-21)26(32)33)14-18-9-12-22(23(13-18)34-2)35-16-17-7-10-20(28)11-8-17/h4-15H,3,16H2,1-2H3,(H,32,33). The number of carbonyl (C=O) groups excluding carboxylic acids is 1. The average Bonchev–Trinajstić information content (AvgIpc) is 3.17. The Kier molecular flexibility index (Phi) is 7.70. The number of nitrogens with zero attached hydrogens (tertiary/aromatic N) is 2. The van der Waals surface area contributed by atoms with Gasteiger partial charge in [0.2, 0.25) is 0 Å². The van der Waals surface area contributed by atoms with Gasteiger partial charge in [-0.3, -0.25) is 9.69 Å². The quantitative estimate of drug-likeness (QED) is 0.392. The molecule has 0 spiro atoms. The fourth-order valence-electron chi connectivity index (χ4n) is 3.48. The Morgan fingerprint density at radius 2 is 1.89 bits per heavy atom. The number of thioether (sulfide) groups is 1. The third-order valence-electron chi connectivity index (χ3n) is 5.32. The molecule has 1 N–H and O–H groups in total. The van der Waals surface area contributed by atoms with Gasteiger partial charge in [-0.15, -0.1) is 0 Å². The highest BCUT2D eigenvalue weighted by atomic mass is 32.2. The van der Waals surface area contributed by atoms with Gasteiger partial charge in [0.25, 0.3) is 5.91 Å². The number of benzene rings is 3. The zero-order valence-electron chi connectivity index (χ0n) is 19.6. The summed E-state index contributed by atoms with van der Waals surface area (Å²) in [5, 5.41) is 9.69. The van der Waals surface area contributed by atoms with Crippen LogP contribution in [0.25, 0.3) is 6.08 Å². The van der Waals surface area contributed by atoms with Crippen molar-refractivity contribution in [2.24, 2.45) is 4.99 Å². The number of rotatable bonds is 8. The van der Waals surface area contributed by atoms with E-state index in [2.05, 4.69) is 4.99 Å². The van der Waals surface area contributed by atoms with E-state index in [1.807, 2.05) is 13.0 Å². The molecule has 1 amide bonds. The van der Waals surface area contributed by atoms with Crippen molar-refractivity contribution in [2.75, 3.05) is 13.7 Å². The molecule has 1 aliphatic rings. The molecule has 0 aromatic heterocycles. The molecule has 9 heteroatoms. The number of amidine groups is 1. The summed E-state index contributed by atoms with van der Waals surface area (Å²) in [4.78, 5) is 30.8. The second kappa shape index (κ2) is 11.1. The van der Waals surface area contributed by atoms with Crippen LogP contribution in [-0.2, 0) is 11.4 Å². The number of carboxylic acids is 1. The number of likely N-dealkylation sites (N-methyl/N-ethyl adjacent to an activating group) is 1. The third kappa shape index (κ3) is 5.75. The molecule has 1 saturated heterocycles.